The first-order valence-corrected chi connectivity index (χ1v) is 9.40. The largest absolute Gasteiger partial charge is 0.325 e. The van der Waals surface area contributed by atoms with Gasteiger partial charge in [-0.05, 0) is 48.0 Å². The fourth-order valence-electron chi connectivity index (χ4n) is 3.15. The molecule has 0 aliphatic carbocycles. The molecule has 2 amide bonds. The molecule has 0 aliphatic heterocycles. The maximum atomic E-state index is 12.3. The zero-order valence-corrected chi connectivity index (χ0v) is 16.2. The van der Waals surface area contributed by atoms with Gasteiger partial charge in [-0.15, -0.1) is 0 Å². The van der Waals surface area contributed by atoms with Crippen LogP contribution in [-0.2, 0) is 16.0 Å². The van der Waals surface area contributed by atoms with Crippen LogP contribution in [0, 0.1) is 0 Å². The molecule has 0 aliphatic rings. The van der Waals surface area contributed by atoms with Crippen molar-refractivity contribution in [1.29, 1.82) is 0 Å². The molecule has 5 nitrogen and oxygen atoms in total. The van der Waals surface area contributed by atoms with Crippen LogP contribution in [0.3, 0.4) is 0 Å². The number of hydrogen-bond donors (Lipinski definition) is 2. The second kappa shape index (κ2) is 9.15. The molecule has 0 heterocycles. The van der Waals surface area contributed by atoms with E-state index in [0.717, 1.165) is 34.1 Å². The first kappa shape index (κ1) is 19.6. The molecular formula is C23H25N3O2. The molecule has 2 N–H and O–H groups in total. The second-order valence-electron chi connectivity index (χ2n) is 6.84. The number of hydrogen-bond acceptors (Lipinski definition) is 3. The number of fused-ring (bicyclic) bond motifs is 1. The number of nitrogens with one attached hydrogen (secondary N) is 2. The fraction of sp³-hybridized carbons (Fsp3) is 0.217. The van der Waals surface area contributed by atoms with Crippen molar-refractivity contribution in [3.63, 3.8) is 0 Å². The Morgan fingerprint density at radius 1 is 0.821 bits per heavy atom. The van der Waals surface area contributed by atoms with Crippen LogP contribution < -0.4 is 10.6 Å². The molecule has 3 aromatic rings. The first-order valence-electron chi connectivity index (χ1n) is 9.40. The lowest BCUT2D eigenvalue weighted by atomic mass is 10.1. The van der Waals surface area contributed by atoms with Crippen LogP contribution in [-0.4, -0.2) is 36.9 Å². The summed E-state index contributed by atoms with van der Waals surface area (Å²) < 4.78 is 0. The molecule has 0 atom stereocenters. The van der Waals surface area contributed by atoms with Gasteiger partial charge in [0.2, 0.25) is 11.8 Å². The predicted molar refractivity (Wildman–Crippen MR) is 115 cm³/mol. The number of amides is 2. The Labute approximate surface area is 165 Å². The van der Waals surface area contributed by atoms with Crippen LogP contribution in [0.15, 0.2) is 66.7 Å². The van der Waals surface area contributed by atoms with E-state index in [1.54, 1.807) is 11.9 Å². The number of nitrogens with zero attached hydrogens (tertiary/aromatic N) is 1. The summed E-state index contributed by atoms with van der Waals surface area (Å²) in [4.78, 5) is 26.3. The number of rotatable bonds is 7. The van der Waals surface area contributed by atoms with Crippen molar-refractivity contribution in [3.05, 3.63) is 72.3 Å². The average Bonchev–Trinajstić information content (AvgIpc) is 2.68. The monoisotopic (exact) mass is 375 g/mol. The van der Waals surface area contributed by atoms with E-state index in [0.29, 0.717) is 0 Å². The third-order valence-electron chi connectivity index (χ3n) is 4.53. The number of aryl methyl sites for hydroxylation is 1. The van der Waals surface area contributed by atoms with Crippen molar-refractivity contribution in [2.75, 3.05) is 30.8 Å². The van der Waals surface area contributed by atoms with E-state index < -0.39 is 0 Å². The highest BCUT2D eigenvalue weighted by Crippen LogP contribution is 2.19. The Hall–Kier alpha value is -3.18. The number of anilines is 2. The molecule has 28 heavy (non-hydrogen) atoms. The zero-order valence-electron chi connectivity index (χ0n) is 16.2. The molecule has 3 rings (SSSR count). The highest BCUT2D eigenvalue weighted by molar-refractivity contribution is 5.96. The summed E-state index contributed by atoms with van der Waals surface area (Å²) in [7, 11) is 1.76. The van der Waals surface area contributed by atoms with Gasteiger partial charge >= 0.3 is 0 Å². The molecule has 0 saturated carbocycles. The van der Waals surface area contributed by atoms with Gasteiger partial charge in [-0.25, -0.2) is 0 Å². The van der Waals surface area contributed by atoms with Gasteiger partial charge in [-0.1, -0.05) is 55.5 Å². The highest BCUT2D eigenvalue weighted by atomic mass is 16.2. The summed E-state index contributed by atoms with van der Waals surface area (Å²) in [5.74, 6) is -0.290. The van der Waals surface area contributed by atoms with Gasteiger partial charge in [0.05, 0.1) is 13.1 Å². The smallest absolute Gasteiger partial charge is 0.238 e. The summed E-state index contributed by atoms with van der Waals surface area (Å²) in [6.07, 6.45) is 0.848. The van der Waals surface area contributed by atoms with E-state index >= 15 is 0 Å². The van der Waals surface area contributed by atoms with Crippen molar-refractivity contribution < 1.29 is 9.59 Å². The molecule has 0 spiro atoms. The van der Waals surface area contributed by atoms with Crippen molar-refractivity contribution in [2.24, 2.45) is 0 Å². The summed E-state index contributed by atoms with van der Waals surface area (Å²) in [5.41, 5.74) is 2.66. The van der Waals surface area contributed by atoms with Gasteiger partial charge in [0.1, 0.15) is 0 Å². The van der Waals surface area contributed by atoms with Crippen molar-refractivity contribution in [3.8, 4) is 0 Å². The topological polar surface area (TPSA) is 61.4 Å². The fourth-order valence-corrected chi connectivity index (χ4v) is 3.15. The summed E-state index contributed by atoms with van der Waals surface area (Å²) in [6.45, 7) is 2.33. The van der Waals surface area contributed by atoms with E-state index in [-0.39, 0.29) is 24.9 Å². The molecule has 3 aromatic carbocycles. The molecule has 0 fully saturated rings. The van der Waals surface area contributed by atoms with Gasteiger partial charge < -0.3 is 10.6 Å². The van der Waals surface area contributed by atoms with Gasteiger partial charge in [0.25, 0.3) is 0 Å². The lowest BCUT2D eigenvalue weighted by Crippen LogP contribution is -2.36. The molecule has 0 unspecified atom stereocenters. The van der Waals surface area contributed by atoms with E-state index in [1.807, 2.05) is 73.7 Å². The van der Waals surface area contributed by atoms with E-state index in [2.05, 4.69) is 10.6 Å². The van der Waals surface area contributed by atoms with Crippen LogP contribution in [0.1, 0.15) is 12.5 Å². The Kier molecular flexibility index (Phi) is 6.40. The minimum atomic E-state index is -0.153. The number of likely N-dealkylation sites (N-methyl/N-ethyl adjacent to an activating group) is 1. The van der Waals surface area contributed by atoms with Crippen LogP contribution in [0.4, 0.5) is 11.4 Å². The van der Waals surface area contributed by atoms with Crippen molar-refractivity contribution in [2.45, 2.75) is 13.3 Å². The minimum absolute atomic E-state index is 0.135. The lowest BCUT2D eigenvalue weighted by Gasteiger charge is -2.17. The standard InChI is InChI=1S/C23H25N3O2/c1-3-17-8-6-7-11-21(17)25-23(28)16-26(2)15-22(27)24-20-13-12-18-9-4-5-10-19(18)14-20/h4-14H,3,15-16H2,1-2H3,(H,24,27)(H,25,28). The third kappa shape index (κ3) is 5.18. The molecular weight excluding hydrogens is 350 g/mol. The van der Waals surface area contributed by atoms with Gasteiger partial charge in [-0.2, -0.15) is 0 Å². The first-order chi connectivity index (χ1) is 13.5. The van der Waals surface area contributed by atoms with Crippen LogP contribution >= 0.6 is 0 Å². The minimum Gasteiger partial charge on any atom is -0.325 e. The molecule has 5 heteroatoms. The number of benzene rings is 3. The Balaban J connectivity index is 1.52. The second-order valence-corrected chi connectivity index (χ2v) is 6.84. The molecule has 0 saturated heterocycles. The zero-order chi connectivity index (χ0) is 19.9. The third-order valence-corrected chi connectivity index (χ3v) is 4.53. The number of carbonyl (C=O) groups is 2. The molecule has 0 bridgehead atoms. The number of carbonyl (C=O) groups excluding carboxylic acids is 2. The Morgan fingerprint density at radius 2 is 1.46 bits per heavy atom. The number of para-hydroxylation sites is 1. The molecule has 0 radical (unpaired) electrons. The highest BCUT2D eigenvalue weighted by Gasteiger charge is 2.12. The lowest BCUT2D eigenvalue weighted by molar-refractivity contribution is -0.119. The predicted octanol–water partition coefficient (Wildman–Crippen LogP) is 3.91. The summed E-state index contributed by atoms with van der Waals surface area (Å²) in [6, 6.07) is 21.5. The summed E-state index contributed by atoms with van der Waals surface area (Å²) in [5, 5.41) is 8.02. The van der Waals surface area contributed by atoms with E-state index in [1.165, 1.54) is 0 Å². The maximum Gasteiger partial charge on any atom is 0.238 e. The van der Waals surface area contributed by atoms with E-state index in [9.17, 15) is 9.59 Å². The normalized spacial score (nSPS) is 10.8. The Bertz CT molecular complexity index is 984. The summed E-state index contributed by atoms with van der Waals surface area (Å²) >= 11 is 0. The molecule has 0 aromatic heterocycles. The van der Waals surface area contributed by atoms with E-state index in [4.69, 9.17) is 0 Å². The van der Waals surface area contributed by atoms with Crippen LogP contribution in [0.5, 0.6) is 0 Å². The van der Waals surface area contributed by atoms with Gasteiger partial charge in [0.15, 0.2) is 0 Å². The van der Waals surface area contributed by atoms with Crippen LogP contribution in [0.25, 0.3) is 10.8 Å². The van der Waals surface area contributed by atoms with Gasteiger partial charge in [-0.3, -0.25) is 14.5 Å². The van der Waals surface area contributed by atoms with Crippen molar-refractivity contribution >= 4 is 34.0 Å². The van der Waals surface area contributed by atoms with Crippen molar-refractivity contribution in [1.82, 2.24) is 4.90 Å². The molecule has 144 valence electrons. The quantitative estimate of drug-likeness (QED) is 0.658. The SMILES string of the molecule is CCc1ccccc1NC(=O)CN(C)CC(=O)Nc1ccc2ccccc2c1. The Morgan fingerprint density at radius 3 is 2.21 bits per heavy atom. The average molecular weight is 375 g/mol. The van der Waals surface area contributed by atoms with Crippen LogP contribution in [0.2, 0.25) is 0 Å². The van der Waals surface area contributed by atoms with Gasteiger partial charge in [0, 0.05) is 11.4 Å². The maximum absolute atomic E-state index is 12.3.